The number of rotatable bonds is 3. The average molecular weight is 268 g/mol. The van der Waals surface area contributed by atoms with Gasteiger partial charge in [0.2, 0.25) is 5.91 Å². The number of hydrogen-bond donors (Lipinski definition) is 1. The van der Waals surface area contributed by atoms with Gasteiger partial charge in [-0.25, -0.2) is 8.78 Å². The summed E-state index contributed by atoms with van der Waals surface area (Å²) in [5.41, 5.74) is 0.282. The fourth-order valence-corrected chi connectivity index (χ4v) is 2.26. The lowest BCUT2D eigenvalue weighted by atomic mass is 10.2. The normalized spacial score (nSPS) is 16.5. The third-order valence-corrected chi connectivity index (χ3v) is 3.41. The van der Waals surface area contributed by atoms with Gasteiger partial charge in [-0.15, -0.1) is 0 Å². The van der Waals surface area contributed by atoms with Crippen molar-refractivity contribution >= 4 is 11.6 Å². The van der Waals surface area contributed by atoms with Crippen LogP contribution in [0.15, 0.2) is 12.1 Å². The van der Waals surface area contributed by atoms with Gasteiger partial charge in [0.1, 0.15) is 17.7 Å². The Morgan fingerprint density at radius 1 is 1.26 bits per heavy atom. The topological polar surface area (TPSA) is 32.3 Å². The summed E-state index contributed by atoms with van der Waals surface area (Å²) in [5.74, 6) is -1.09. The number of aryl methyl sites for hydroxylation is 1. The molecule has 0 radical (unpaired) electrons. The number of nitrogens with one attached hydrogen (secondary N) is 1. The van der Waals surface area contributed by atoms with Crippen LogP contribution >= 0.6 is 0 Å². The van der Waals surface area contributed by atoms with Crippen LogP contribution in [0.1, 0.15) is 25.3 Å². The van der Waals surface area contributed by atoms with Crippen LogP contribution < -0.4 is 5.32 Å². The van der Waals surface area contributed by atoms with E-state index in [0.29, 0.717) is 0 Å². The average Bonchev–Trinajstić information content (AvgIpc) is 2.88. The molecule has 3 nitrogen and oxygen atoms in total. The molecule has 1 atom stereocenters. The number of carbonyl (C=O) groups excluding carboxylic acids is 1. The molecule has 0 aliphatic carbocycles. The zero-order valence-electron chi connectivity index (χ0n) is 11.2. The molecular weight excluding hydrogens is 250 g/mol. The summed E-state index contributed by atoms with van der Waals surface area (Å²) in [6, 6.07) is 1.66. The van der Waals surface area contributed by atoms with E-state index in [0.717, 1.165) is 38.1 Å². The Morgan fingerprint density at radius 2 is 1.89 bits per heavy atom. The molecule has 2 rings (SSSR count). The molecule has 0 saturated carbocycles. The van der Waals surface area contributed by atoms with Crippen molar-refractivity contribution in [3.8, 4) is 0 Å². The highest BCUT2D eigenvalue weighted by Crippen LogP contribution is 2.20. The molecule has 19 heavy (non-hydrogen) atoms. The second kappa shape index (κ2) is 5.55. The van der Waals surface area contributed by atoms with E-state index < -0.39 is 17.7 Å². The molecule has 1 fully saturated rings. The second-order valence-electron chi connectivity index (χ2n) is 4.98. The van der Waals surface area contributed by atoms with E-state index in [1.807, 2.05) is 0 Å². The van der Waals surface area contributed by atoms with E-state index in [2.05, 4.69) is 5.32 Å². The Kier molecular flexibility index (Phi) is 4.02. The predicted octanol–water partition coefficient (Wildman–Crippen LogP) is 2.70. The number of carbonyl (C=O) groups is 1. The van der Waals surface area contributed by atoms with Crippen LogP contribution in [-0.2, 0) is 4.79 Å². The standard InChI is InChI=1S/C14H18F2N2O/c1-9-7-12(16)13(8-11(9)15)17-10(2)14(19)18-5-3-4-6-18/h7-8,10,17H,3-6H2,1-2H3. The third kappa shape index (κ3) is 3.03. The van der Waals surface area contributed by atoms with Gasteiger partial charge in [0.25, 0.3) is 0 Å². The molecule has 0 bridgehead atoms. The van der Waals surface area contributed by atoms with E-state index in [4.69, 9.17) is 0 Å². The lowest BCUT2D eigenvalue weighted by Gasteiger charge is -2.22. The van der Waals surface area contributed by atoms with Gasteiger partial charge in [-0.1, -0.05) is 0 Å². The molecule has 1 unspecified atom stereocenters. The van der Waals surface area contributed by atoms with Crippen LogP contribution in [0.3, 0.4) is 0 Å². The molecular formula is C14H18F2N2O. The van der Waals surface area contributed by atoms with E-state index in [-0.39, 0.29) is 17.2 Å². The van der Waals surface area contributed by atoms with Gasteiger partial charge >= 0.3 is 0 Å². The molecule has 5 heteroatoms. The molecule has 1 heterocycles. The van der Waals surface area contributed by atoms with Crippen molar-refractivity contribution < 1.29 is 13.6 Å². The summed E-state index contributed by atoms with van der Waals surface area (Å²) < 4.78 is 27.1. The highest BCUT2D eigenvalue weighted by molar-refractivity contribution is 5.84. The minimum absolute atomic E-state index is 0.0307. The van der Waals surface area contributed by atoms with Gasteiger partial charge in [0.15, 0.2) is 0 Å². The first-order valence-corrected chi connectivity index (χ1v) is 6.50. The quantitative estimate of drug-likeness (QED) is 0.914. The van der Waals surface area contributed by atoms with Crippen molar-refractivity contribution in [3.05, 3.63) is 29.3 Å². The van der Waals surface area contributed by atoms with Crippen LogP contribution in [0.4, 0.5) is 14.5 Å². The monoisotopic (exact) mass is 268 g/mol. The molecule has 1 aromatic carbocycles. The number of hydrogen-bond acceptors (Lipinski definition) is 2. The fraction of sp³-hybridized carbons (Fsp3) is 0.500. The summed E-state index contributed by atoms with van der Waals surface area (Å²) >= 11 is 0. The van der Waals surface area contributed by atoms with Crippen molar-refractivity contribution in [3.63, 3.8) is 0 Å². The van der Waals surface area contributed by atoms with Gasteiger partial charge in [0, 0.05) is 19.2 Å². The minimum atomic E-state index is -0.560. The molecule has 1 aliphatic heterocycles. The first kappa shape index (κ1) is 13.8. The lowest BCUT2D eigenvalue weighted by molar-refractivity contribution is -0.130. The third-order valence-electron chi connectivity index (χ3n) is 3.41. The van der Waals surface area contributed by atoms with Crippen LogP contribution in [-0.4, -0.2) is 29.9 Å². The van der Waals surface area contributed by atoms with Gasteiger partial charge in [-0.2, -0.15) is 0 Å². The number of benzene rings is 1. The van der Waals surface area contributed by atoms with Crippen LogP contribution in [0.5, 0.6) is 0 Å². The SMILES string of the molecule is Cc1cc(F)c(NC(C)C(=O)N2CCCC2)cc1F. The predicted molar refractivity (Wildman–Crippen MR) is 70.0 cm³/mol. The van der Waals surface area contributed by atoms with E-state index in [1.54, 1.807) is 11.8 Å². The Hall–Kier alpha value is -1.65. The highest BCUT2D eigenvalue weighted by atomic mass is 19.1. The molecule has 1 amide bonds. The Balaban J connectivity index is 2.08. The number of halogens is 2. The molecule has 1 aliphatic rings. The summed E-state index contributed by atoms with van der Waals surface area (Å²) in [6.45, 7) is 4.66. The van der Waals surface area contributed by atoms with E-state index >= 15 is 0 Å². The van der Waals surface area contributed by atoms with Gasteiger partial charge in [0.05, 0.1) is 5.69 Å². The molecule has 0 spiro atoms. The molecule has 104 valence electrons. The smallest absolute Gasteiger partial charge is 0.244 e. The highest BCUT2D eigenvalue weighted by Gasteiger charge is 2.23. The van der Waals surface area contributed by atoms with Gasteiger partial charge in [-0.05, 0) is 38.3 Å². The van der Waals surface area contributed by atoms with Crippen LogP contribution in [0.25, 0.3) is 0 Å². The maximum Gasteiger partial charge on any atom is 0.244 e. The number of nitrogens with zero attached hydrogens (tertiary/aromatic N) is 1. The molecule has 1 aromatic rings. The Bertz CT molecular complexity index is 485. The zero-order chi connectivity index (χ0) is 14.0. The Labute approximate surface area is 111 Å². The second-order valence-corrected chi connectivity index (χ2v) is 4.98. The fourth-order valence-electron chi connectivity index (χ4n) is 2.26. The molecule has 0 aromatic heterocycles. The Morgan fingerprint density at radius 3 is 2.53 bits per heavy atom. The number of amides is 1. The van der Waals surface area contributed by atoms with Crippen molar-refractivity contribution in [1.29, 1.82) is 0 Å². The summed E-state index contributed by atoms with van der Waals surface area (Å²) in [6.07, 6.45) is 2.01. The number of anilines is 1. The summed E-state index contributed by atoms with van der Waals surface area (Å²) in [7, 11) is 0. The maximum absolute atomic E-state index is 13.7. The maximum atomic E-state index is 13.7. The van der Waals surface area contributed by atoms with E-state index in [1.165, 1.54) is 6.92 Å². The first-order valence-electron chi connectivity index (χ1n) is 6.50. The summed E-state index contributed by atoms with van der Waals surface area (Å²) in [4.78, 5) is 13.8. The van der Waals surface area contributed by atoms with Gasteiger partial charge in [-0.3, -0.25) is 4.79 Å². The van der Waals surface area contributed by atoms with Gasteiger partial charge < -0.3 is 10.2 Å². The minimum Gasteiger partial charge on any atom is -0.371 e. The summed E-state index contributed by atoms with van der Waals surface area (Å²) in [5, 5.41) is 2.75. The molecule has 1 saturated heterocycles. The van der Waals surface area contributed by atoms with Crippen LogP contribution in [0, 0.1) is 18.6 Å². The van der Waals surface area contributed by atoms with Crippen molar-refractivity contribution in [2.45, 2.75) is 32.7 Å². The molecule has 1 N–H and O–H groups in total. The van der Waals surface area contributed by atoms with Crippen molar-refractivity contribution in [2.24, 2.45) is 0 Å². The number of likely N-dealkylation sites (tertiary alicyclic amines) is 1. The first-order chi connectivity index (χ1) is 8.99. The zero-order valence-corrected chi connectivity index (χ0v) is 11.2. The lowest BCUT2D eigenvalue weighted by Crippen LogP contribution is -2.39. The van der Waals surface area contributed by atoms with E-state index in [9.17, 15) is 13.6 Å². The van der Waals surface area contributed by atoms with Crippen LogP contribution in [0.2, 0.25) is 0 Å². The van der Waals surface area contributed by atoms with Crippen molar-refractivity contribution in [2.75, 3.05) is 18.4 Å². The van der Waals surface area contributed by atoms with Crippen molar-refractivity contribution in [1.82, 2.24) is 4.90 Å². The largest absolute Gasteiger partial charge is 0.371 e.